The number of hydrogen-bond acceptors (Lipinski definition) is 3. The molecular formula is C21H22N2OS. The number of hydrogen-bond donors (Lipinski definition) is 0. The Morgan fingerprint density at radius 1 is 1.12 bits per heavy atom. The molecule has 0 aliphatic carbocycles. The van der Waals surface area contributed by atoms with Crippen LogP contribution in [0, 0.1) is 0 Å². The van der Waals surface area contributed by atoms with Crippen molar-refractivity contribution in [1.82, 2.24) is 4.90 Å². The van der Waals surface area contributed by atoms with Gasteiger partial charge in [-0.2, -0.15) is 0 Å². The van der Waals surface area contributed by atoms with Gasteiger partial charge in [0.15, 0.2) is 0 Å². The van der Waals surface area contributed by atoms with E-state index in [-0.39, 0.29) is 6.04 Å². The Kier molecular flexibility index (Phi) is 3.56. The molecule has 3 nitrogen and oxygen atoms in total. The lowest BCUT2D eigenvalue weighted by atomic mass is 9.88. The smallest absolute Gasteiger partial charge is 0.223 e. The van der Waals surface area contributed by atoms with Gasteiger partial charge in [-0.25, -0.2) is 0 Å². The molecular weight excluding hydrogens is 328 g/mol. The van der Waals surface area contributed by atoms with E-state index in [2.05, 4.69) is 59.2 Å². The van der Waals surface area contributed by atoms with Gasteiger partial charge in [0.05, 0.1) is 17.4 Å². The summed E-state index contributed by atoms with van der Waals surface area (Å²) in [5.74, 6) is 0.328. The molecule has 3 aliphatic rings. The number of nitrogens with zero attached hydrogens (tertiary/aromatic N) is 2. The molecule has 2 aromatic carbocycles. The van der Waals surface area contributed by atoms with E-state index in [9.17, 15) is 4.79 Å². The van der Waals surface area contributed by atoms with Crippen molar-refractivity contribution in [1.29, 1.82) is 0 Å². The van der Waals surface area contributed by atoms with Crippen molar-refractivity contribution in [2.45, 2.75) is 54.5 Å². The lowest BCUT2D eigenvalue weighted by molar-refractivity contribution is -0.130. The number of amides is 1. The first kappa shape index (κ1) is 15.3. The van der Waals surface area contributed by atoms with Crippen LogP contribution in [0.2, 0.25) is 0 Å². The van der Waals surface area contributed by atoms with E-state index in [4.69, 9.17) is 0 Å². The average molecular weight is 350 g/mol. The summed E-state index contributed by atoms with van der Waals surface area (Å²) in [6, 6.07) is 16.0. The van der Waals surface area contributed by atoms with Crippen LogP contribution in [-0.4, -0.2) is 23.4 Å². The Morgan fingerprint density at radius 3 is 2.76 bits per heavy atom. The van der Waals surface area contributed by atoms with Crippen molar-refractivity contribution in [2.75, 3.05) is 11.4 Å². The molecule has 0 saturated carbocycles. The van der Waals surface area contributed by atoms with Gasteiger partial charge in [0.1, 0.15) is 0 Å². The number of rotatable bonds is 2. The maximum atomic E-state index is 12.4. The van der Waals surface area contributed by atoms with Crippen LogP contribution in [0.5, 0.6) is 0 Å². The van der Waals surface area contributed by atoms with Crippen molar-refractivity contribution in [3.63, 3.8) is 0 Å². The normalized spacial score (nSPS) is 24.3. The molecule has 0 aromatic heterocycles. The maximum absolute atomic E-state index is 12.4. The van der Waals surface area contributed by atoms with E-state index in [1.165, 1.54) is 26.7 Å². The monoisotopic (exact) mass is 350 g/mol. The summed E-state index contributed by atoms with van der Waals surface area (Å²) < 4.78 is 0. The fraction of sp³-hybridized carbons (Fsp3) is 0.381. The van der Waals surface area contributed by atoms with Crippen molar-refractivity contribution in [2.24, 2.45) is 0 Å². The molecule has 25 heavy (non-hydrogen) atoms. The second kappa shape index (κ2) is 5.80. The summed E-state index contributed by atoms with van der Waals surface area (Å²) in [6.45, 7) is 3.18. The van der Waals surface area contributed by atoms with Crippen LogP contribution in [0.15, 0.2) is 52.3 Å². The molecule has 2 aromatic rings. The van der Waals surface area contributed by atoms with Gasteiger partial charge in [-0.1, -0.05) is 43.0 Å². The standard InChI is InChI=1S/C21H22N2OS/c1-2-14-13-17(22-12-6-11-20(22)24)15-7-5-10-19-21(15)23(14)16-8-3-4-9-18(16)25-19/h3-5,7-10,14,17H,2,6,11-13H2,1H3. The molecule has 0 N–H and O–H groups in total. The van der Waals surface area contributed by atoms with Crippen molar-refractivity contribution in [3.05, 3.63) is 48.0 Å². The molecule has 0 spiro atoms. The Bertz CT molecular complexity index is 850. The van der Waals surface area contributed by atoms with E-state index in [1.807, 2.05) is 11.8 Å². The topological polar surface area (TPSA) is 23.6 Å². The Hall–Kier alpha value is -1.94. The van der Waals surface area contributed by atoms with Crippen LogP contribution in [0.4, 0.5) is 11.4 Å². The summed E-state index contributed by atoms with van der Waals surface area (Å²) in [5, 5.41) is 0. The second-order valence-electron chi connectivity index (χ2n) is 7.14. The van der Waals surface area contributed by atoms with Gasteiger partial charge in [-0.3, -0.25) is 4.79 Å². The third-order valence-electron chi connectivity index (χ3n) is 5.79. The summed E-state index contributed by atoms with van der Waals surface area (Å²) in [7, 11) is 0. The van der Waals surface area contributed by atoms with Crippen LogP contribution in [-0.2, 0) is 4.79 Å². The molecule has 1 fully saturated rings. The molecule has 2 atom stereocenters. The van der Waals surface area contributed by atoms with E-state index in [0.29, 0.717) is 18.4 Å². The number of para-hydroxylation sites is 2. The molecule has 0 radical (unpaired) electrons. The van der Waals surface area contributed by atoms with E-state index < -0.39 is 0 Å². The van der Waals surface area contributed by atoms with Crippen molar-refractivity contribution >= 4 is 29.0 Å². The molecule has 4 heteroatoms. The summed E-state index contributed by atoms with van der Waals surface area (Å²) in [4.78, 5) is 19.8. The fourth-order valence-corrected chi connectivity index (χ4v) is 5.76. The van der Waals surface area contributed by atoms with Crippen LogP contribution < -0.4 is 4.90 Å². The summed E-state index contributed by atoms with van der Waals surface area (Å²) in [5.41, 5.74) is 4.00. The minimum absolute atomic E-state index is 0.233. The first-order valence-electron chi connectivity index (χ1n) is 9.26. The molecule has 128 valence electrons. The van der Waals surface area contributed by atoms with Crippen LogP contribution >= 0.6 is 11.8 Å². The van der Waals surface area contributed by atoms with Crippen LogP contribution in [0.25, 0.3) is 0 Å². The van der Waals surface area contributed by atoms with E-state index in [1.54, 1.807) is 0 Å². The maximum Gasteiger partial charge on any atom is 0.223 e. The van der Waals surface area contributed by atoms with Crippen LogP contribution in [0.1, 0.15) is 44.2 Å². The minimum Gasteiger partial charge on any atom is -0.336 e. The molecule has 1 amide bonds. The molecule has 2 unspecified atom stereocenters. The highest BCUT2D eigenvalue weighted by atomic mass is 32.2. The Morgan fingerprint density at radius 2 is 1.96 bits per heavy atom. The first-order valence-corrected chi connectivity index (χ1v) is 10.1. The molecule has 1 saturated heterocycles. The van der Waals surface area contributed by atoms with Crippen molar-refractivity contribution in [3.8, 4) is 0 Å². The number of fused-ring (bicyclic) bond motifs is 2. The zero-order valence-corrected chi connectivity index (χ0v) is 15.3. The molecule has 3 aliphatic heterocycles. The first-order chi connectivity index (χ1) is 12.3. The highest BCUT2D eigenvalue weighted by molar-refractivity contribution is 7.99. The molecule has 5 rings (SSSR count). The Balaban J connectivity index is 1.69. The lowest BCUT2D eigenvalue weighted by Gasteiger charge is -2.47. The molecule has 3 heterocycles. The quantitative estimate of drug-likeness (QED) is 0.750. The SMILES string of the molecule is CCC1CC(N2CCCC2=O)c2cccc3c2N1c1ccccc1S3. The zero-order chi connectivity index (χ0) is 17.0. The second-order valence-corrected chi connectivity index (χ2v) is 8.22. The van der Waals surface area contributed by atoms with E-state index >= 15 is 0 Å². The highest BCUT2D eigenvalue weighted by Crippen LogP contribution is 2.55. The van der Waals surface area contributed by atoms with Gasteiger partial charge in [-0.15, -0.1) is 0 Å². The number of likely N-dealkylation sites (tertiary alicyclic amines) is 1. The van der Waals surface area contributed by atoms with Crippen LogP contribution in [0.3, 0.4) is 0 Å². The van der Waals surface area contributed by atoms with Gasteiger partial charge in [0.25, 0.3) is 0 Å². The van der Waals surface area contributed by atoms with Crippen molar-refractivity contribution < 1.29 is 4.79 Å². The molecule has 0 bridgehead atoms. The highest BCUT2D eigenvalue weighted by Gasteiger charge is 2.41. The number of carbonyl (C=O) groups excluding carboxylic acids is 1. The number of benzene rings is 2. The van der Waals surface area contributed by atoms with Gasteiger partial charge in [0, 0.05) is 28.8 Å². The predicted molar refractivity (Wildman–Crippen MR) is 102 cm³/mol. The third-order valence-corrected chi connectivity index (χ3v) is 6.91. The fourth-order valence-electron chi connectivity index (χ4n) is 4.64. The predicted octanol–water partition coefficient (Wildman–Crippen LogP) is 5.14. The van der Waals surface area contributed by atoms with Gasteiger partial charge < -0.3 is 9.80 Å². The summed E-state index contributed by atoms with van der Waals surface area (Å²) in [6.07, 6.45) is 3.83. The summed E-state index contributed by atoms with van der Waals surface area (Å²) >= 11 is 1.86. The average Bonchev–Trinajstić information content (AvgIpc) is 3.07. The third kappa shape index (κ3) is 2.23. The minimum atomic E-state index is 0.233. The van der Waals surface area contributed by atoms with Gasteiger partial charge in [0.2, 0.25) is 5.91 Å². The zero-order valence-electron chi connectivity index (χ0n) is 14.4. The number of carbonyl (C=O) groups is 1. The largest absolute Gasteiger partial charge is 0.336 e. The van der Waals surface area contributed by atoms with E-state index in [0.717, 1.165) is 25.8 Å². The van der Waals surface area contributed by atoms with Gasteiger partial charge in [-0.05, 0) is 43.0 Å². The lowest BCUT2D eigenvalue weighted by Crippen LogP contribution is -2.43. The Labute approximate surface area is 153 Å². The number of anilines is 2. The van der Waals surface area contributed by atoms with Gasteiger partial charge >= 0.3 is 0 Å².